The second-order valence-electron chi connectivity index (χ2n) is 6.76. The summed E-state index contributed by atoms with van der Waals surface area (Å²) in [6, 6.07) is -0.208. The lowest BCUT2D eigenvalue weighted by Crippen LogP contribution is -2.43. The summed E-state index contributed by atoms with van der Waals surface area (Å²) in [7, 11) is 0. The number of hydrogen-bond acceptors (Lipinski definition) is 4. The topological polar surface area (TPSA) is 47.9 Å². The first kappa shape index (κ1) is 15.7. The first-order valence-corrected chi connectivity index (χ1v) is 7.23. The molecule has 2 saturated heterocycles. The van der Waals surface area contributed by atoms with Gasteiger partial charge in [0.25, 0.3) is 6.57 Å². The molecule has 0 aliphatic carbocycles. The molecule has 0 radical (unpaired) electrons. The first-order chi connectivity index (χ1) is 9.32. The fraction of sp³-hybridized carbons (Fsp3) is 0.933. The fourth-order valence-electron chi connectivity index (χ4n) is 2.09. The second kappa shape index (κ2) is 5.98. The van der Waals surface area contributed by atoms with Crippen LogP contribution in [0.3, 0.4) is 0 Å². The Morgan fingerprint density at radius 3 is 2.25 bits per heavy atom. The molecule has 3 atom stereocenters. The average Bonchev–Trinajstić information content (AvgIpc) is 3.21. The Bertz CT molecular complexity index is 367. The third kappa shape index (κ3) is 5.02. The second-order valence-corrected chi connectivity index (χ2v) is 6.76. The average molecular weight is 284 g/mol. The zero-order chi connectivity index (χ0) is 14.8. The maximum atomic E-state index is 5.98. The van der Waals surface area contributed by atoms with Gasteiger partial charge < -0.3 is 18.9 Å². The number of ether oxygens (including phenoxy) is 4. The van der Waals surface area contributed by atoms with Gasteiger partial charge in [-0.25, -0.2) is 0 Å². The summed E-state index contributed by atoms with van der Waals surface area (Å²) in [4.78, 5) is 3.93. The molecule has 0 N–H and O–H groups in total. The van der Waals surface area contributed by atoms with Crippen molar-refractivity contribution in [2.75, 3.05) is 26.4 Å². The summed E-state index contributed by atoms with van der Waals surface area (Å²) in [5, 5.41) is 0. The van der Waals surface area contributed by atoms with E-state index in [-0.39, 0.29) is 17.7 Å². The molecule has 2 aliphatic heterocycles. The number of epoxide rings is 2. The van der Waals surface area contributed by atoms with Gasteiger partial charge >= 0.3 is 6.04 Å². The lowest BCUT2D eigenvalue weighted by molar-refractivity contribution is -0.0823. The molecule has 0 aromatic heterocycles. The van der Waals surface area contributed by atoms with Crippen molar-refractivity contribution in [3.05, 3.63) is 4.85 Å². The van der Waals surface area contributed by atoms with Crippen LogP contribution in [0.2, 0.25) is 0 Å². The van der Waals surface area contributed by atoms with Crippen LogP contribution in [0.1, 0.15) is 34.1 Å². The molecule has 0 saturated carbocycles. The van der Waals surface area contributed by atoms with E-state index in [0.29, 0.717) is 19.3 Å². The van der Waals surface area contributed by atoms with Crippen LogP contribution in [0.4, 0.5) is 0 Å². The van der Waals surface area contributed by atoms with Gasteiger partial charge in [-0.3, -0.25) is 0 Å². The molecule has 20 heavy (non-hydrogen) atoms. The molecule has 0 aromatic rings. The molecule has 0 bridgehead atoms. The highest BCUT2D eigenvalue weighted by Crippen LogP contribution is 2.27. The van der Waals surface area contributed by atoms with Crippen LogP contribution in [0.15, 0.2) is 0 Å². The van der Waals surface area contributed by atoms with Gasteiger partial charge in [-0.2, -0.15) is 0 Å². The quantitative estimate of drug-likeness (QED) is 0.608. The van der Waals surface area contributed by atoms with Gasteiger partial charge in [0.15, 0.2) is 0 Å². The predicted octanol–water partition coefficient (Wildman–Crippen LogP) is 2.10. The molecule has 2 aliphatic rings. The van der Waals surface area contributed by atoms with Gasteiger partial charge in [0, 0.05) is 6.42 Å². The van der Waals surface area contributed by atoms with E-state index < -0.39 is 5.60 Å². The van der Waals surface area contributed by atoms with E-state index in [1.54, 1.807) is 0 Å². The summed E-state index contributed by atoms with van der Waals surface area (Å²) in [5.41, 5.74) is -0.702. The van der Waals surface area contributed by atoms with Crippen LogP contribution < -0.4 is 0 Å². The molecule has 2 rings (SSSR count). The van der Waals surface area contributed by atoms with Crippen molar-refractivity contribution in [2.45, 2.75) is 63.6 Å². The van der Waals surface area contributed by atoms with Crippen molar-refractivity contribution in [3.63, 3.8) is 0 Å². The standard InChI is InChI=1S/C15H26NO4/c1-14(2,6-11-7-17-11)19-10-13(16-5)15(3,4)20-9-12-8-18-12/h5,11-13H,6-10H2,1-4H3/q+1. The van der Waals surface area contributed by atoms with E-state index in [0.717, 1.165) is 19.6 Å². The third-order valence-corrected chi connectivity index (χ3v) is 3.78. The Kier molecular flexibility index (Phi) is 4.70. The van der Waals surface area contributed by atoms with Gasteiger partial charge in [0.2, 0.25) is 0 Å². The Hall–Kier alpha value is -0.670. The van der Waals surface area contributed by atoms with Gasteiger partial charge in [-0.15, -0.1) is 0 Å². The van der Waals surface area contributed by atoms with E-state index >= 15 is 0 Å². The minimum atomic E-state index is -0.465. The van der Waals surface area contributed by atoms with Gasteiger partial charge in [0.05, 0.1) is 31.5 Å². The normalized spacial score (nSPS) is 26.9. The highest BCUT2D eigenvalue weighted by atomic mass is 16.6. The lowest BCUT2D eigenvalue weighted by Gasteiger charge is -2.28. The Labute approximate surface area is 121 Å². The van der Waals surface area contributed by atoms with Crippen LogP contribution in [-0.2, 0) is 18.9 Å². The summed E-state index contributed by atoms with van der Waals surface area (Å²) in [6.45, 7) is 16.3. The predicted molar refractivity (Wildman–Crippen MR) is 76.3 cm³/mol. The molecule has 2 heterocycles. The van der Waals surface area contributed by atoms with E-state index in [2.05, 4.69) is 18.7 Å². The molecule has 0 amide bonds. The Morgan fingerprint density at radius 2 is 1.75 bits per heavy atom. The minimum Gasteiger partial charge on any atom is -0.373 e. The summed E-state index contributed by atoms with van der Waals surface area (Å²) >= 11 is 0. The zero-order valence-corrected chi connectivity index (χ0v) is 12.9. The van der Waals surface area contributed by atoms with Gasteiger partial charge in [0.1, 0.15) is 18.3 Å². The number of hydrogen-bond donors (Lipinski definition) is 0. The van der Waals surface area contributed by atoms with Gasteiger partial charge in [-0.1, -0.05) is 4.85 Å². The molecular formula is C15H26NO4+. The highest BCUT2D eigenvalue weighted by Gasteiger charge is 2.42. The minimum absolute atomic E-state index is 0.208. The molecule has 114 valence electrons. The first-order valence-electron chi connectivity index (χ1n) is 7.23. The number of rotatable bonds is 9. The summed E-state index contributed by atoms with van der Waals surface area (Å²) < 4.78 is 22.2. The van der Waals surface area contributed by atoms with Crippen LogP contribution in [0.25, 0.3) is 4.85 Å². The van der Waals surface area contributed by atoms with Crippen LogP contribution in [-0.4, -0.2) is 55.9 Å². The largest absolute Gasteiger partial charge is 0.373 e. The van der Waals surface area contributed by atoms with Crippen molar-refractivity contribution in [1.82, 2.24) is 0 Å². The maximum absolute atomic E-state index is 5.98. The monoisotopic (exact) mass is 284 g/mol. The fourth-order valence-corrected chi connectivity index (χ4v) is 2.09. The van der Waals surface area contributed by atoms with Gasteiger partial charge in [-0.05, 0) is 27.7 Å². The van der Waals surface area contributed by atoms with Crippen molar-refractivity contribution < 1.29 is 18.9 Å². The third-order valence-electron chi connectivity index (χ3n) is 3.78. The highest BCUT2D eigenvalue weighted by molar-refractivity contribution is 4.97. The van der Waals surface area contributed by atoms with E-state index in [1.807, 2.05) is 13.8 Å². The summed E-state index contributed by atoms with van der Waals surface area (Å²) in [6.07, 6.45) is 1.47. The molecule has 3 unspecified atom stereocenters. The van der Waals surface area contributed by atoms with E-state index in [4.69, 9.17) is 25.5 Å². The molecule has 2 fully saturated rings. The van der Waals surface area contributed by atoms with Crippen molar-refractivity contribution in [2.24, 2.45) is 0 Å². The lowest BCUT2D eigenvalue weighted by atomic mass is 9.98. The Balaban J connectivity index is 1.78. The SMILES string of the molecule is C#[N+]C(COC(C)(C)CC1CO1)C(C)(C)OCC1CO1. The number of nitrogens with zero attached hydrogens (tertiary/aromatic N) is 1. The van der Waals surface area contributed by atoms with Crippen molar-refractivity contribution in [1.29, 1.82) is 0 Å². The van der Waals surface area contributed by atoms with E-state index in [9.17, 15) is 0 Å². The van der Waals surface area contributed by atoms with Crippen molar-refractivity contribution in [3.8, 4) is 6.57 Å². The van der Waals surface area contributed by atoms with E-state index in [1.165, 1.54) is 0 Å². The molecule has 5 heteroatoms. The molecular weight excluding hydrogens is 258 g/mol. The zero-order valence-electron chi connectivity index (χ0n) is 12.9. The maximum Gasteiger partial charge on any atom is 0.322 e. The van der Waals surface area contributed by atoms with Crippen LogP contribution >= 0.6 is 0 Å². The molecule has 5 nitrogen and oxygen atoms in total. The molecule has 0 aromatic carbocycles. The Morgan fingerprint density at radius 1 is 1.15 bits per heavy atom. The summed E-state index contributed by atoms with van der Waals surface area (Å²) in [5.74, 6) is 0. The van der Waals surface area contributed by atoms with Crippen molar-refractivity contribution >= 4 is 0 Å². The van der Waals surface area contributed by atoms with Crippen LogP contribution in [0, 0.1) is 6.57 Å². The smallest absolute Gasteiger partial charge is 0.322 e. The van der Waals surface area contributed by atoms with Crippen LogP contribution in [0.5, 0.6) is 0 Å². The molecule has 0 spiro atoms.